The Hall–Kier alpha value is -1.91. The number of carbonyl (C=O) groups excluding carboxylic acids is 1. The van der Waals surface area contributed by atoms with Crippen LogP contribution in [0.3, 0.4) is 0 Å². The zero-order valence-electron chi connectivity index (χ0n) is 16.6. The predicted molar refractivity (Wildman–Crippen MR) is 112 cm³/mol. The fourth-order valence-corrected chi connectivity index (χ4v) is 2.19. The van der Waals surface area contributed by atoms with E-state index < -0.39 is 18.7 Å². The van der Waals surface area contributed by atoms with Crippen molar-refractivity contribution in [3.63, 3.8) is 0 Å². The molecular weight excluding hydrogens is 340 g/mol. The zero-order chi connectivity index (χ0) is 20.0. The molecule has 0 aliphatic heterocycles. The summed E-state index contributed by atoms with van der Waals surface area (Å²) in [5.41, 5.74) is 0. The number of esters is 1. The van der Waals surface area contributed by atoms with Crippen LogP contribution in [0.1, 0.15) is 58.3 Å². The van der Waals surface area contributed by atoms with E-state index >= 15 is 0 Å². The summed E-state index contributed by atoms with van der Waals surface area (Å²) in [6.45, 7) is 1.61. The lowest BCUT2D eigenvalue weighted by molar-refractivity contribution is -0.141. The number of ether oxygens (including phenoxy) is 1. The topological polar surface area (TPSA) is 66.8 Å². The molecule has 2 N–H and O–H groups in total. The molecular formula is C23H36O4. The molecule has 0 heterocycles. The van der Waals surface area contributed by atoms with Crippen molar-refractivity contribution in [2.24, 2.45) is 0 Å². The number of aliphatic hydroxyl groups is 2. The van der Waals surface area contributed by atoms with Crippen LogP contribution < -0.4 is 0 Å². The Morgan fingerprint density at radius 3 is 2.04 bits per heavy atom. The largest absolute Gasteiger partial charge is 0.460 e. The van der Waals surface area contributed by atoms with Crippen LogP contribution in [-0.2, 0) is 9.53 Å². The monoisotopic (exact) mass is 376 g/mol. The van der Waals surface area contributed by atoms with Crippen LogP contribution in [0.15, 0.2) is 60.8 Å². The normalized spacial score (nSPS) is 13.7. The van der Waals surface area contributed by atoms with E-state index in [9.17, 15) is 4.79 Å². The molecule has 0 fully saturated rings. The van der Waals surface area contributed by atoms with Gasteiger partial charge in [-0.05, 0) is 12.8 Å². The standard InChI is InChI=1S/C23H36O4/c1-2-3-4-5-6-7-8-9-10-11-12-13-14-15-16-17-18-19-23(26)27-21-22(25)20-24/h10-19,22,24-25H,2-9,20-21H2,1H3/b11-10+,13-12+,15-14+,17-16+,19-18+. The average Bonchev–Trinajstić information content (AvgIpc) is 2.68. The van der Waals surface area contributed by atoms with Gasteiger partial charge in [0.15, 0.2) is 0 Å². The van der Waals surface area contributed by atoms with Crippen LogP contribution in [0.25, 0.3) is 0 Å². The number of hydrogen-bond donors (Lipinski definition) is 2. The lowest BCUT2D eigenvalue weighted by atomic mass is 10.1. The van der Waals surface area contributed by atoms with Gasteiger partial charge in [-0.15, -0.1) is 0 Å². The second kappa shape index (κ2) is 20.4. The van der Waals surface area contributed by atoms with Gasteiger partial charge in [0.25, 0.3) is 0 Å². The molecule has 0 spiro atoms. The fourth-order valence-electron chi connectivity index (χ4n) is 2.19. The molecule has 0 aromatic heterocycles. The molecule has 0 bridgehead atoms. The van der Waals surface area contributed by atoms with E-state index in [1.807, 2.05) is 24.3 Å². The van der Waals surface area contributed by atoms with E-state index in [2.05, 4.69) is 19.1 Å². The molecule has 152 valence electrons. The first-order valence-electron chi connectivity index (χ1n) is 9.99. The van der Waals surface area contributed by atoms with Gasteiger partial charge in [-0.1, -0.05) is 100 Å². The van der Waals surface area contributed by atoms with Crippen LogP contribution in [0.4, 0.5) is 0 Å². The Morgan fingerprint density at radius 2 is 1.41 bits per heavy atom. The highest BCUT2D eigenvalue weighted by atomic mass is 16.5. The van der Waals surface area contributed by atoms with Crippen LogP contribution in [0, 0.1) is 0 Å². The fraction of sp³-hybridized carbons (Fsp3) is 0.522. The number of carbonyl (C=O) groups is 1. The van der Waals surface area contributed by atoms with Crippen molar-refractivity contribution in [3.05, 3.63) is 60.8 Å². The van der Waals surface area contributed by atoms with Gasteiger partial charge in [0, 0.05) is 6.08 Å². The van der Waals surface area contributed by atoms with Crippen LogP contribution >= 0.6 is 0 Å². The van der Waals surface area contributed by atoms with Crippen LogP contribution in [0.2, 0.25) is 0 Å². The van der Waals surface area contributed by atoms with Gasteiger partial charge in [-0.25, -0.2) is 4.79 Å². The Morgan fingerprint density at radius 1 is 0.852 bits per heavy atom. The van der Waals surface area contributed by atoms with Crippen molar-refractivity contribution < 1.29 is 19.7 Å². The van der Waals surface area contributed by atoms with Crippen molar-refractivity contribution in [1.29, 1.82) is 0 Å². The van der Waals surface area contributed by atoms with E-state index in [1.54, 1.807) is 18.2 Å². The first-order chi connectivity index (χ1) is 13.2. The predicted octanol–water partition coefficient (Wildman–Crippen LogP) is 4.80. The Balaban J connectivity index is 3.67. The average molecular weight is 377 g/mol. The highest BCUT2D eigenvalue weighted by Crippen LogP contribution is 2.08. The molecule has 4 nitrogen and oxygen atoms in total. The van der Waals surface area contributed by atoms with E-state index in [1.165, 1.54) is 51.0 Å². The Bertz CT molecular complexity index is 487. The van der Waals surface area contributed by atoms with Gasteiger partial charge in [-0.3, -0.25) is 0 Å². The van der Waals surface area contributed by atoms with E-state index in [0.717, 1.165) is 6.42 Å². The molecule has 0 aromatic rings. The third-order valence-corrected chi connectivity index (χ3v) is 3.75. The number of unbranched alkanes of at least 4 members (excludes halogenated alkanes) is 7. The summed E-state index contributed by atoms with van der Waals surface area (Å²) in [7, 11) is 0. The van der Waals surface area contributed by atoms with Crippen LogP contribution in [0.5, 0.6) is 0 Å². The third-order valence-electron chi connectivity index (χ3n) is 3.75. The number of aliphatic hydroxyl groups excluding tert-OH is 2. The summed E-state index contributed by atoms with van der Waals surface area (Å²) in [5.74, 6) is -0.554. The molecule has 0 radical (unpaired) electrons. The van der Waals surface area contributed by atoms with Crippen molar-refractivity contribution in [2.75, 3.05) is 13.2 Å². The molecule has 4 heteroatoms. The van der Waals surface area contributed by atoms with Crippen molar-refractivity contribution in [2.45, 2.75) is 64.4 Å². The Kier molecular flexibility index (Phi) is 19.0. The summed E-state index contributed by atoms with van der Waals surface area (Å²) >= 11 is 0. The highest BCUT2D eigenvalue weighted by Gasteiger charge is 2.03. The summed E-state index contributed by atoms with van der Waals surface area (Å²) in [6, 6.07) is 0. The van der Waals surface area contributed by atoms with E-state index in [4.69, 9.17) is 14.9 Å². The first-order valence-corrected chi connectivity index (χ1v) is 9.99. The molecule has 0 aliphatic carbocycles. The molecule has 27 heavy (non-hydrogen) atoms. The van der Waals surface area contributed by atoms with Gasteiger partial charge in [-0.2, -0.15) is 0 Å². The summed E-state index contributed by atoms with van der Waals surface area (Å²) < 4.78 is 4.72. The quantitative estimate of drug-likeness (QED) is 0.176. The Labute approximate surface area is 164 Å². The molecule has 1 unspecified atom stereocenters. The summed E-state index contributed by atoms with van der Waals surface area (Å²) in [5, 5.41) is 17.6. The summed E-state index contributed by atoms with van der Waals surface area (Å²) in [4.78, 5) is 11.3. The van der Waals surface area contributed by atoms with E-state index in [0.29, 0.717) is 0 Å². The van der Waals surface area contributed by atoms with Crippen molar-refractivity contribution in [1.82, 2.24) is 0 Å². The van der Waals surface area contributed by atoms with E-state index in [-0.39, 0.29) is 6.61 Å². The SMILES string of the molecule is CCCCCCCCC/C=C/C=C/C=C/C=C/C=C/C(=O)OCC(O)CO. The summed E-state index contributed by atoms with van der Waals surface area (Å²) in [6.07, 6.45) is 27.8. The van der Waals surface area contributed by atoms with Gasteiger partial charge in [0.2, 0.25) is 0 Å². The first kappa shape index (κ1) is 25.1. The van der Waals surface area contributed by atoms with Crippen LogP contribution in [-0.4, -0.2) is 35.5 Å². The minimum absolute atomic E-state index is 0.208. The number of hydrogen-bond acceptors (Lipinski definition) is 4. The van der Waals surface area contributed by atoms with Gasteiger partial charge in [0.05, 0.1) is 6.61 Å². The zero-order valence-corrected chi connectivity index (χ0v) is 16.6. The maximum atomic E-state index is 11.3. The third kappa shape index (κ3) is 20.3. The molecule has 0 aliphatic rings. The smallest absolute Gasteiger partial charge is 0.330 e. The van der Waals surface area contributed by atoms with Gasteiger partial charge >= 0.3 is 5.97 Å². The van der Waals surface area contributed by atoms with Gasteiger partial charge < -0.3 is 14.9 Å². The van der Waals surface area contributed by atoms with Crippen molar-refractivity contribution >= 4 is 5.97 Å². The lowest BCUT2D eigenvalue weighted by Crippen LogP contribution is -2.21. The second-order valence-electron chi connectivity index (χ2n) is 6.32. The number of rotatable bonds is 16. The molecule has 0 amide bonds. The van der Waals surface area contributed by atoms with Crippen molar-refractivity contribution in [3.8, 4) is 0 Å². The molecule has 0 rings (SSSR count). The molecule has 0 aromatic carbocycles. The second-order valence-corrected chi connectivity index (χ2v) is 6.32. The maximum Gasteiger partial charge on any atom is 0.330 e. The number of allylic oxidation sites excluding steroid dienone is 9. The molecule has 0 saturated heterocycles. The lowest BCUT2D eigenvalue weighted by Gasteiger charge is -2.05. The van der Waals surface area contributed by atoms with Gasteiger partial charge in [0.1, 0.15) is 12.7 Å². The maximum absolute atomic E-state index is 11.3. The highest BCUT2D eigenvalue weighted by molar-refractivity contribution is 5.82. The minimum atomic E-state index is -1.03. The molecule has 0 saturated carbocycles. The molecule has 1 atom stereocenters. The minimum Gasteiger partial charge on any atom is -0.460 e.